The molecule has 1 aromatic rings. The summed E-state index contributed by atoms with van der Waals surface area (Å²) in [6, 6.07) is 4.56. The van der Waals surface area contributed by atoms with Gasteiger partial charge in [-0.1, -0.05) is 18.3 Å². The number of hydrogen-bond donors (Lipinski definition) is 2. The summed E-state index contributed by atoms with van der Waals surface area (Å²) in [5, 5.41) is 0. The van der Waals surface area contributed by atoms with E-state index in [-0.39, 0.29) is 22.3 Å². The summed E-state index contributed by atoms with van der Waals surface area (Å²) in [5.74, 6) is -0.328. The molecule has 0 fully saturated rings. The molecule has 0 saturated carbocycles. The highest BCUT2D eigenvalue weighted by Gasteiger charge is 2.18. The van der Waals surface area contributed by atoms with Crippen LogP contribution in [0.4, 0.5) is 0 Å². The fraction of sp³-hybridized carbons (Fsp3) is 0.333. The maximum atomic E-state index is 12.1. The molecule has 0 aromatic heterocycles. The van der Waals surface area contributed by atoms with Gasteiger partial charge in [-0.25, -0.2) is 13.1 Å². The summed E-state index contributed by atoms with van der Waals surface area (Å²) in [6.07, 6.45) is 0. The van der Waals surface area contributed by atoms with Gasteiger partial charge < -0.3 is 10.6 Å². The molecule has 1 amide bonds. The van der Waals surface area contributed by atoms with E-state index in [4.69, 9.17) is 18.0 Å². The predicted molar refractivity (Wildman–Crippen MR) is 80.9 cm³/mol. The first kappa shape index (κ1) is 16.5. The molecule has 20 heavy (non-hydrogen) atoms. The maximum absolute atomic E-state index is 12.1. The third-order valence-corrected chi connectivity index (χ3v) is 4.46. The molecule has 0 unspecified atom stereocenters. The van der Waals surface area contributed by atoms with E-state index in [1.54, 1.807) is 27.1 Å². The van der Waals surface area contributed by atoms with Crippen molar-refractivity contribution in [3.8, 4) is 0 Å². The quantitative estimate of drug-likeness (QED) is 0.746. The number of carbonyl (C=O) groups excluding carboxylic acids is 1. The lowest BCUT2D eigenvalue weighted by atomic mass is 10.1. The number of benzene rings is 1. The summed E-state index contributed by atoms with van der Waals surface area (Å²) in [7, 11) is -0.635. The van der Waals surface area contributed by atoms with E-state index >= 15 is 0 Å². The van der Waals surface area contributed by atoms with Crippen molar-refractivity contribution in [3.05, 3.63) is 29.3 Å². The van der Waals surface area contributed by atoms with Gasteiger partial charge in [0.2, 0.25) is 15.9 Å². The van der Waals surface area contributed by atoms with Crippen LogP contribution in [0, 0.1) is 6.92 Å². The first-order valence-corrected chi connectivity index (χ1v) is 7.64. The lowest BCUT2D eigenvalue weighted by Crippen LogP contribution is -2.36. The molecule has 1 rings (SSSR count). The molecule has 0 spiro atoms. The van der Waals surface area contributed by atoms with Crippen molar-refractivity contribution in [3.63, 3.8) is 0 Å². The third kappa shape index (κ3) is 3.99. The zero-order valence-electron chi connectivity index (χ0n) is 11.5. The van der Waals surface area contributed by atoms with Crippen molar-refractivity contribution in [1.82, 2.24) is 9.62 Å². The fourth-order valence-electron chi connectivity index (χ4n) is 1.50. The van der Waals surface area contributed by atoms with Crippen LogP contribution < -0.4 is 10.5 Å². The Bertz CT molecular complexity index is 639. The summed E-state index contributed by atoms with van der Waals surface area (Å²) < 4.78 is 26.5. The Hall–Kier alpha value is -1.51. The maximum Gasteiger partial charge on any atom is 0.241 e. The molecular weight excluding hydrogens is 298 g/mol. The molecule has 1 aromatic carbocycles. The highest BCUT2D eigenvalue weighted by atomic mass is 32.2. The molecule has 0 bridgehead atoms. The van der Waals surface area contributed by atoms with E-state index in [2.05, 4.69) is 4.72 Å². The molecule has 0 atom stereocenters. The highest BCUT2D eigenvalue weighted by molar-refractivity contribution is 7.89. The molecule has 3 N–H and O–H groups in total. The van der Waals surface area contributed by atoms with Crippen LogP contribution in [0.25, 0.3) is 0 Å². The first-order chi connectivity index (χ1) is 9.15. The van der Waals surface area contributed by atoms with Crippen LogP contribution in [-0.4, -0.2) is 44.9 Å². The van der Waals surface area contributed by atoms with E-state index < -0.39 is 10.0 Å². The molecule has 0 saturated heterocycles. The molecular formula is C12H17N3O3S2. The lowest BCUT2D eigenvalue weighted by molar-refractivity contribution is -0.127. The number of thiocarbonyl (C=S) groups is 1. The normalized spacial score (nSPS) is 11.2. The fourth-order valence-corrected chi connectivity index (χ4v) is 2.82. The van der Waals surface area contributed by atoms with Crippen molar-refractivity contribution in [2.45, 2.75) is 11.8 Å². The highest BCUT2D eigenvalue weighted by Crippen LogP contribution is 2.16. The van der Waals surface area contributed by atoms with Crippen LogP contribution in [0.1, 0.15) is 11.1 Å². The number of amides is 1. The van der Waals surface area contributed by atoms with Crippen molar-refractivity contribution < 1.29 is 13.2 Å². The van der Waals surface area contributed by atoms with E-state index in [9.17, 15) is 13.2 Å². The number of hydrogen-bond acceptors (Lipinski definition) is 4. The van der Waals surface area contributed by atoms with Gasteiger partial charge in [-0.2, -0.15) is 0 Å². The van der Waals surface area contributed by atoms with E-state index in [1.165, 1.54) is 17.0 Å². The van der Waals surface area contributed by atoms with Crippen molar-refractivity contribution in [2.24, 2.45) is 5.73 Å². The number of likely N-dealkylation sites (N-methyl/N-ethyl adjacent to an activating group) is 1. The van der Waals surface area contributed by atoms with Crippen LogP contribution in [0.2, 0.25) is 0 Å². The number of rotatable bonds is 5. The number of nitrogens with one attached hydrogen (secondary N) is 1. The first-order valence-electron chi connectivity index (χ1n) is 5.75. The smallest absolute Gasteiger partial charge is 0.241 e. The molecule has 0 aliphatic carbocycles. The SMILES string of the molecule is Cc1cc(C(N)=S)ccc1S(=O)(=O)NCC(=O)N(C)C. The Morgan fingerprint density at radius 2 is 2.00 bits per heavy atom. The van der Waals surface area contributed by atoms with Crippen LogP contribution in [-0.2, 0) is 14.8 Å². The average Bonchev–Trinajstić information content (AvgIpc) is 2.35. The van der Waals surface area contributed by atoms with Gasteiger partial charge in [0, 0.05) is 19.7 Å². The van der Waals surface area contributed by atoms with Gasteiger partial charge in [0.15, 0.2) is 0 Å². The number of nitrogens with two attached hydrogens (primary N) is 1. The minimum absolute atomic E-state index is 0.101. The summed E-state index contributed by atoms with van der Waals surface area (Å²) in [6.45, 7) is 1.36. The Kier molecular flexibility index (Phi) is 5.21. The standard InChI is InChI=1S/C12H17N3O3S2/c1-8-6-9(12(13)19)4-5-10(8)20(17,18)14-7-11(16)15(2)3/h4-6,14H,7H2,1-3H3,(H2,13,19). The number of carbonyl (C=O) groups is 1. The van der Waals surface area contributed by atoms with E-state index in [1.807, 2.05) is 0 Å². The lowest BCUT2D eigenvalue weighted by Gasteiger charge is -2.13. The molecule has 0 radical (unpaired) electrons. The van der Waals surface area contributed by atoms with Gasteiger partial charge >= 0.3 is 0 Å². The zero-order valence-corrected chi connectivity index (χ0v) is 13.1. The van der Waals surface area contributed by atoms with Gasteiger partial charge in [-0.05, 0) is 24.6 Å². The Balaban J connectivity index is 2.99. The van der Waals surface area contributed by atoms with Gasteiger partial charge in [-0.15, -0.1) is 0 Å². The monoisotopic (exact) mass is 315 g/mol. The molecule has 110 valence electrons. The van der Waals surface area contributed by atoms with Gasteiger partial charge in [0.25, 0.3) is 0 Å². The van der Waals surface area contributed by atoms with Crippen LogP contribution in [0.5, 0.6) is 0 Å². The van der Waals surface area contributed by atoms with Gasteiger partial charge in [-0.3, -0.25) is 4.79 Å². The number of aryl methyl sites for hydroxylation is 1. The zero-order chi connectivity index (χ0) is 15.5. The van der Waals surface area contributed by atoms with Crippen LogP contribution in [0.15, 0.2) is 23.1 Å². The summed E-state index contributed by atoms with van der Waals surface area (Å²) in [4.78, 5) is 13.0. The predicted octanol–water partition coefficient (Wildman–Crippen LogP) is -0.00428. The number of nitrogens with zero attached hydrogens (tertiary/aromatic N) is 1. The van der Waals surface area contributed by atoms with E-state index in [0.717, 1.165) is 0 Å². The molecule has 0 heterocycles. The van der Waals surface area contributed by atoms with Crippen LogP contribution in [0.3, 0.4) is 0 Å². The Labute approximate surface area is 124 Å². The second-order valence-corrected chi connectivity index (χ2v) is 6.63. The molecule has 6 nitrogen and oxygen atoms in total. The second kappa shape index (κ2) is 6.29. The van der Waals surface area contributed by atoms with Crippen molar-refractivity contribution >= 4 is 33.1 Å². The topological polar surface area (TPSA) is 92.5 Å². The number of sulfonamides is 1. The summed E-state index contributed by atoms with van der Waals surface area (Å²) in [5.41, 5.74) is 6.60. The molecule has 8 heteroatoms. The van der Waals surface area contributed by atoms with Crippen molar-refractivity contribution in [1.29, 1.82) is 0 Å². The Morgan fingerprint density at radius 3 is 2.45 bits per heavy atom. The van der Waals surface area contributed by atoms with Crippen molar-refractivity contribution in [2.75, 3.05) is 20.6 Å². The largest absolute Gasteiger partial charge is 0.389 e. The Morgan fingerprint density at radius 1 is 1.40 bits per heavy atom. The average molecular weight is 315 g/mol. The minimum atomic E-state index is -3.74. The van der Waals surface area contributed by atoms with Gasteiger partial charge in [0.05, 0.1) is 11.4 Å². The summed E-state index contributed by atoms with van der Waals surface area (Å²) >= 11 is 4.84. The molecule has 0 aliphatic heterocycles. The van der Waals surface area contributed by atoms with E-state index in [0.29, 0.717) is 11.1 Å². The second-order valence-electron chi connectivity index (χ2n) is 4.46. The molecule has 0 aliphatic rings. The minimum Gasteiger partial charge on any atom is -0.389 e. The van der Waals surface area contributed by atoms with Crippen LogP contribution >= 0.6 is 12.2 Å². The third-order valence-electron chi connectivity index (χ3n) is 2.66. The van der Waals surface area contributed by atoms with Gasteiger partial charge in [0.1, 0.15) is 4.99 Å².